The summed E-state index contributed by atoms with van der Waals surface area (Å²) in [6.45, 7) is 0.985. The van der Waals surface area contributed by atoms with E-state index in [9.17, 15) is 9.59 Å². The SMILES string of the molecule is O=C(CCn1c(=O)oc2ccccc21)N1CCC[C@@H]1c1ccc(-c2cncnc2)cn1. The number of hydrogen-bond donors (Lipinski definition) is 0. The first-order valence-corrected chi connectivity index (χ1v) is 10.3. The maximum Gasteiger partial charge on any atom is 0.419 e. The first-order valence-electron chi connectivity index (χ1n) is 10.3. The number of rotatable bonds is 5. The number of carbonyl (C=O) groups is 1. The molecule has 0 saturated carbocycles. The van der Waals surface area contributed by atoms with Gasteiger partial charge in [0, 0.05) is 49.2 Å². The zero-order valence-corrected chi connectivity index (χ0v) is 16.8. The molecule has 4 aromatic rings. The van der Waals surface area contributed by atoms with Crippen molar-refractivity contribution < 1.29 is 9.21 Å². The highest BCUT2D eigenvalue weighted by molar-refractivity contribution is 5.77. The number of benzene rings is 1. The molecular formula is C23H21N5O3. The van der Waals surface area contributed by atoms with Gasteiger partial charge >= 0.3 is 5.76 Å². The molecule has 0 N–H and O–H groups in total. The average molecular weight is 415 g/mol. The minimum atomic E-state index is -0.436. The molecule has 1 saturated heterocycles. The van der Waals surface area contributed by atoms with Crippen LogP contribution in [0.4, 0.5) is 0 Å². The van der Waals surface area contributed by atoms with Crippen LogP contribution in [0.3, 0.4) is 0 Å². The van der Waals surface area contributed by atoms with E-state index >= 15 is 0 Å². The summed E-state index contributed by atoms with van der Waals surface area (Å²) < 4.78 is 6.78. The number of fused-ring (bicyclic) bond motifs is 1. The molecule has 0 aliphatic carbocycles. The van der Waals surface area contributed by atoms with Gasteiger partial charge in [-0.3, -0.25) is 14.3 Å². The molecule has 0 unspecified atom stereocenters. The zero-order chi connectivity index (χ0) is 21.2. The summed E-state index contributed by atoms with van der Waals surface area (Å²) in [7, 11) is 0. The van der Waals surface area contributed by atoms with Gasteiger partial charge in [-0.15, -0.1) is 0 Å². The predicted molar refractivity (Wildman–Crippen MR) is 114 cm³/mol. The molecule has 1 aliphatic rings. The third-order valence-electron chi connectivity index (χ3n) is 5.72. The van der Waals surface area contributed by atoms with Crippen LogP contribution >= 0.6 is 0 Å². The molecule has 1 atom stereocenters. The maximum absolute atomic E-state index is 13.0. The Morgan fingerprint density at radius 2 is 1.90 bits per heavy atom. The van der Waals surface area contributed by atoms with Gasteiger partial charge in [0.15, 0.2) is 5.58 Å². The summed E-state index contributed by atoms with van der Waals surface area (Å²) in [6, 6.07) is 11.1. The molecule has 1 aliphatic heterocycles. The van der Waals surface area contributed by atoms with Crippen molar-refractivity contribution in [2.75, 3.05) is 6.54 Å². The van der Waals surface area contributed by atoms with E-state index in [1.807, 2.05) is 35.2 Å². The van der Waals surface area contributed by atoms with Crippen molar-refractivity contribution in [3.63, 3.8) is 0 Å². The van der Waals surface area contributed by atoms with Crippen LogP contribution in [-0.2, 0) is 11.3 Å². The van der Waals surface area contributed by atoms with Gasteiger partial charge in [-0.25, -0.2) is 14.8 Å². The van der Waals surface area contributed by atoms with Crippen LogP contribution in [0.1, 0.15) is 31.0 Å². The van der Waals surface area contributed by atoms with Crippen molar-refractivity contribution in [3.8, 4) is 11.1 Å². The summed E-state index contributed by atoms with van der Waals surface area (Å²) in [5.41, 5.74) is 3.95. The number of aromatic nitrogens is 4. The molecule has 1 aromatic carbocycles. The number of hydrogen-bond acceptors (Lipinski definition) is 6. The Labute approximate surface area is 178 Å². The van der Waals surface area contributed by atoms with Gasteiger partial charge in [-0.05, 0) is 31.0 Å². The third-order valence-corrected chi connectivity index (χ3v) is 5.72. The van der Waals surface area contributed by atoms with Crippen LogP contribution in [-0.4, -0.2) is 36.9 Å². The predicted octanol–water partition coefficient (Wildman–Crippen LogP) is 3.20. The van der Waals surface area contributed by atoms with E-state index in [2.05, 4.69) is 15.0 Å². The van der Waals surface area contributed by atoms with E-state index < -0.39 is 5.76 Å². The summed E-state index contributed by atoms with van der Waals surface area (Å²) in [4.78, 5) is 39.7. The Hall–Kier alpha value is -3.81. The Morgan fingerprint density at radius 3 is 2.71 bits per heavy atom. The molecule has 8 nitrogen and oxygen atoms in total. The lowest BCUT2D eigenvalue weighted by molar-refractivity contribution is -0.132. The molecule has 156 valence electrons. The monoisotopic (exact) mass is 415 g/mol. The van der Waals surface area contributed by atoms with E-state index in [0.717, 1.165) is 29.7 Å². The Kier molecular flexibility index (Phi) is 5.03. The van der Waals surface area contributed by atoms with Crippen molar-refractivity contribution >= 4 is 17.0 Å². The highest BCUT2D eigenvalue weighted by Crippen LogP contribution is 2.32. The van der Waals surface area contributed by atoms with Gasteiger partial charge in [-0.1, -0.05) is 18.2 Å². The van der Waals surface area contributed by atoms with Crippen LogP contribution in [0.5, 0.6) is 0 Å². The molecule has 3 aromatic heterocycles. The first-order chi connectivity index (χ1) is 15.2. The topological polar surface area (TPSA) is 94.1 Å². The van der Waals surface area contributed by atoms with Gasteiger partial charge in [0.1, 0.15) is 6.33 Å². The summed E-state index contributed by atoms with van der Waals surface area (Å²) in [6.07, 6.45) is 8.83. The van der Waals surface area contributed by atoms with Crippen LogP contribution in [0.2, 0.25) is 0 Å². The Morgan fingerprint density at radius 1 is 1.06 bits per heavy atom. The minimum Gasteiger partial charge on any atom is -0.408 e. The molecule has 4 heterocycles. The quantitative estimate of drug-likeness (QED) is 0.497. The third kappa shape index (κ3) is 3.72. The molecule has 0 spiro atoms. The minimum absolute atomic E-state index is 0.0158. The normalized spacial score (nSPS) is 16.1. The van der Waals surface area contributed by atoms with E-state index in [-0.39, 0.29) is 24.9 Å². The number of amides is 1. The number of nitrogens with zero attached hydrogens (tertiary/aromatic N) is 5. The van der Waals surface area contributed by atoms with E-state index in [1.54, 1.807) is 24.7 Å². The van der Waals surface area contributed by atoms with Crippen LogP contribution < -0.4 is 5.76 Å². The van der Waals surface area contributed by atoms with Crippen molar-refractivity contribution in [2.45, 2.75) is 31.8 Å². The molecule has 1 amide bonds. The second kappa shape index (κ2) is 8.14. The van der Waals surface area contributed by atoms with Gasteiger partial charge in [-0.2, -0.15) is 0 Å². The number of pyridine rings is 1. The molecule has 31 heavy (non-hydrogen) atoms. The van der Waals surface area contributed by atoms with E-state index in [0.29, 0.717) is 17.6 Å². The molecule has 1 fully saturated rings. The Bertz CT molecular complexity index is 1260. The number of aryl methyl sites for hydroxylation is 1. The molecule has 8 heteroatoms. The van der Waals surface area contributed by atoms with E-state index in [4.69, 9.17) is 4.42 Å². The van der Waals surface area contributed by atoms with Gasteiger partial charge < -0.3 is 9.32 Å². The van der Waals surface area contributed by atoms with Gasteiger partial charge in [0.25, 0.3) is 0 Å². The van der Waals surface area contributed by atoms with Crippen LogP contribution in [0, 0.1) is 0 Å². The largest absolute Gasteiger partial charge is 0.419 e. The molecule has 5 rings (SSSR count). The average Bonchev–Trinajstić information content (AvgIpc) is 3.42. The highest BCUT2D eigenvalue weighted by Gasteiger charge is 2.30. The lowest BCUT2D eigenvalue weighted by Crippen LogP contribution is -2.32. The zero-order valence-electron chi connectivity index (χ0n) is 16.8. The lowest BCUT2D eigenvalue weighted by atomic mass is 10.1. The molecule has 0 radical (unpaired) electrons. The van der Waals surface area contributed by atoms with Crippen molar-refractivity contribution in [2.24, 2.45) is 0 Å². The van der Waals surface area contributed by atoms with Crippen LogP contribution in [0.15, 0.2) is 70.5 Å². The number of likely N-dealkylation sites (tertiary alicyclic amines) is 1. The maximum atomic E-state index is 13.0. The fourth-order valence-electron chi connectivity index (χ4n) is 4.17. The first kappa shape index (κ1) is 19.2. The van der Waals surface area contributed by atoms with E-state index in [1.165, 1.54) is 10.9 Å². The summed E-state index contributed by atoms with van der Waals surface area (Å²) in [5.74, 6) is -0.420. The fraction of sp³-hybridized carbons (Fsp3) is 0.261. The smallest absolute Gasteiger partial charge is 0.408 e. The number of oxazole rings is 1. The van der Waals surface area contributed by atoms with Gasteiger partial charge in [0.2, 0.25) is 5.91 Å². The standard InChI is InChI=1S/C23H21N5O3/c29-22(9-11-28-20-4-1-2-6-21(20)31-23(28)30)27-10-3-5-19(27)18-8-7-16(14-26-18)17-12-24-15-25-13-17/h1-2,4,6-8,12-15,19H,3,5,9-11H2/t19-/m1/s1. The highest BCUT2D eigenvalue weighted by atomic mass is 16.4. The summed E-state index contributed by atoms with van der Waals surface area (Å²) in [5, 5.41) is 0. The van der Waals surface area contributed by atoms with Crippen molar-refractivity contribution in [1.82, 2.24) is 24.4 Å². The van der Waals surface area contributed by atoms with Gasteiger partial charge in [0.05, 0.1) is 17.3 Å². The fourth-order valence-corrected chi connectivity index (χ4v) is 4.17. The van der Waals surface area contributed by atoms with Crippen molar-refractivity contribution in [3.05, 3.63) is 77.6 Å². The second-order valence-electron chi connectivity index (χ2n) is 7.58. The number of para-hydroxylation sites is 2. The Balaban J connectivity index is 1.30. The lowest BCUT2D eigenvalue weighted by Gasteiger charge is -2.24. The molecule has 0 bridgehead atoms. The second-order valence-corrected chi connectivity index (χ2v) is 7.58. The van der Waals surface area contributed by atoms with Crippen LogP contribution in [0.25, 0.3) is 22.2 Å². The number of carbonyl (C=O) groups excluding carboxylic acids is 1. The summed E-state index contributed by atoms with van der Waals surface area (Å²) >= 11 is 0. The van der Waals surface area contributed by atoms with Crippen molar-refractivity contribution in [1.29, 1.82) is 0 Å². The molecular weight excluding hydrogens is 394 g/mol.